The smallest absolute Gasteiger partial charge is 0.310 e. The molecule has 0 amide bonds. The molecule has 1 heterocycles. The summed E-state index contributed by atoms with van der Waals surface area (Å²) in [7, 11) is 0. The van der Waals surface area contributed by atoms with Gasteiger partial charge in [-0.2, -0.15) is 0 Å². The molecule has 0 bridgehead atoms. The van der Waals surface area contributed by atoms with Crippen LogP contribution in [0.3, 0.4) is 0 Å². The lowest BCUT2D eigenvalue weighted by Crippen LogP contribution is -2.07. The minimum Gasteiger partial charge on any atom is -0.481 e. The van der Waals surface area contributed by atoms with Crippen LogP contribution < -0.4 is 5.32 Å². The van der Waals surface area contributed by atoms with Gasteiger partial charge in [-0.1, -0.05) is 24.4 Å². The number of rotatable bonds is 2. The summed E-state index contributed by atoms with van der Waals surface area (Å²) < 4.78 is 0. The van der Waals surface area contributed by atoms with Gasteiger partial charge in [0, 0.05) is 12.1 Å². The van der Waals surface area contributed by atoms with Crippen LogP contribution in [0.4, 0.5) is 5.69 Å². The Balaban J connectivity index is 2.35. The fraction of sp³-hybridized carbons (Fsp3) is 0.273. The van der Waals surface area contributed by atoms with Crippen molar-refractivity contribution in [2.24, 2.45) is 0 Å². The molecular weight excluding hydrogens is 210 g/mol. The second-order valence-corrected chi connectivity index (χ2v) is 4.19. The van der Waals surface area contributed by atoms with Gasteiger partial charge in [0.05, 0.1) is 10.9 Å². The van der Waals surface area contributed by atoms with Crippen molar-refractivity contribution in [1.29, 1.82) is 0 Å². The van der Waals surface area contributed by atoms with Crippen molar-refractivity contribution >= 4 is 28.9 Å². The Bertz CT molecular complexity index is 442. The van der Waals surface area contributed by atoms with Crippen LogP contribution in [0.5, 0.6) is 0 Å². The highest BCUT2D eigenvalue weighted by molar-refractivity contribution is 7.80. The Labute approximate surface area is 93.1 Å². The Kier molecular flexibility index (Phi) is 2.44. The molecule has 0 fully saturated rings. The van der Waals surface area contributed by atoms with Crippen molar-refractivity contribution in [3.63, 3.8) is 0 Å². The third-order valence-corrected chi connectivity index (χ3v) is 2.87. The van der Waals surface area contributed by atoms with E-state index in [1.807, 2.05) is 18.2 Å². The van der Waals surface area contributed by atoms with Gasteiger partial charge in [-0.05, 0) is 24.1 Å². The number of fused-ring (bicyclic) bond motifs is 1. The maximum absolute atomic E-state index is 10.8. The van der Waals surface area contributed by atoms with Crippen molar-refractivity contribution in [2.75, 3.05) is 5.32 Å². The molecule has 0 saturated heterocycles. The maximum atomic E-state index is 10.8. The van der Waals surface area contributed by atoms with E-state index < -0.39 is 11.9 Å². The van der Waals surface area contributed by atoms with E-state index in [1.165, 1.54) is 0 Å². The van der Waals surface area contributed by atoms with Gasteiger partial charge in [0.15, 0.2) is 0 Å². The second-order valence-electron chi connectivity index (χ2n) is 3.70. The molecule has 1 aliphatic heterocycles. The maximum Gasteiger partial charge on any atom is 0.310 e. The minimum absolute atomic E-state index is 0.468. The highest BCUT2D eigenvalue weighted by atomic mass is 32.1. The molecule has 1 aliphatic rings. The van der Waals surface area contributed by atoms with E-state index in [0.29, 0.717) is 6.42 Å². The molecule has 78 valence electrons. The normalized spacial score (nSPS) is 15.7. The van der Waals surface area contributed by atoms with Gasteiger partial charge in [-0.15, -0.1) is 0 Å². The molecule has 1 atom stereocenters. The molecule has 0 radical (unpaired) electrons. The first-order valence-corrected chi connectivity index (χ1v) is 5.14. The van der Waals surface area contributed by atoms with E-state index in [4.69, 9.17) is 17.3 Å². The molecule has 0 spiro atoms. The topological polar surface area (TPSA) is 49.3 Å². The van der Waals surface area contributed by atoms with E-state index in [1.54, 1.807) is 6.92 Å². The van der Waals surface area contributed by atoms with Crippen LogP contribution >= 0.6 is 12.2 Å². The number of thiocarbonyl (C=S) groups is 1. The first-order chi connectivity index (χ1) is 7.08. The molecule has 0 aromatic heterocycles. The number of carboxylic acids is 1. The standard InChI is InChI=1S/C11H11NO2S/c1-6(11(13)14)7-2-3-9-8(4-7)5-10(15)12-9/h2-4,6H,5H2,1H3,(H,12,15)(H,13,14). The van der Waals surface area contributed by atoms with E-state index in [-0.39, 0.29) is 0 Å². The molecule has 0 aliphatic carbocycles. The molecule has 4 heteroatoms. The van der Waals surface area contributed by atoms with Gasteiger partial charge in [0.2, 0.25) is 0 Å². The number of anilines is 1. The molecule has 1 unspecified atom stereocenters. The number of hydrogen-bond donors (Lipinski definition) is 2. The van der Waals surface area contributed by atoms with Crippen LogP contribution in [-0.2, 0) is 11.2 Å². The highest BCUT2D eigenvalue weighted by Gasteiger charge is 2.19. The summed E-state index contributed by atoms with van der Waals surface area (Å²) in [6, 6.07) is 5.64. The lowest BCUT2D eigenvalue weighted by molar-refractivity contribution is -0.138. The fourth-order valence-corrected chi connectivity index (χ4v) is 1.93. The number of nitrogens with one attached hydrogen (secondary N) is 1. The number of aliphatic carboxylic acids is 1. The summed E-state index contributed by atoms with van der Waals surface area (Å²) in [5.74, 6) is -1.27. The highest BCUT2D eigenvalue weighted by Crippen LogP contribution is 2.27. The molecule has 0 saturated carbocycles. The van der Waals surface area contributed by atoms with Crippen molar-refractivity contribution in [3.8, 4) is 0 Å². The molecule has 3 nitrogen and oxygen atoms in total. The first kappa shape index (κ1) is 10.1. The average Bonchev–Trinajstić information content (AvgIpc) is 2.55. The summed E-state index contributed by atoms with van der Waals surface area (Å²) in [6.07, 6.45) is 0.713. The molecule has 2 rings (SSSR count). The SMILES string of the molecule is CC(C(=O)O)c1ccc2c(c1)CC(=S)N2. The van der Waals surface area contributed by atoms with Crippen LogP contribution in [-0.4, -0.2) is 16.1 Å². The van der Waals surface area contributed by atoms with Crippen LogP contribution in [0.2, 0.25) is 0 Å². The van der Waals surface area contributed by atoms with Crippen molar-refractivity contribution in [3.05, 3.63) is 29.3 Å². The largest absolute Gasteiger partial charge is 0.481 e. The summed E-state index contributed by atoms with van der Waals surface area (Å²) >= 11 is 5.06. The third-order valence-electron chi connectivity index (χ3n) is 2.62. The zero-order chi connectivity index (χ0) is 11.0. The van der Waals surface area contributed by atoms with E-state index in [9.17, 15) is 4.79 Å². The summed E-state index contributed by atoms with van der Waals surface area (Å²) in [5.41, 5.74) is 2.92. The Hall–Kier alpha value is -1.42. The molecular formula is C11H11NO2S. The van der Waals surface area contributed by atoms with Crippen LogP contribution in [0.15, 0.2) is 18.2 Å². The Morgan fingerprint density at radius 3 is 3.00 bits per heavy atom. The van der Waals surface area contributed by atoms with Crippen LogP contribution in [0, 0.1) is 0 Å². The predicted molar refractivity (Wildman–Crippen MR) is 62.4 cm³/mol. The Morgan fingerprint density at radius 1 is 1.60 bits per heavy atom. The minimum atomic E-state index is -0.802. The molecule has 1 aromatic rings. The predicted octanol–water partition coefficient (Wildman–Crippen LogP) is 2.17. The number of benzene rings is 1. The monoisotopic (exact) mass is 221 g/mol. The van der Waals surface area contributed by atoms with Gasteiger partial charge in [-0.25, -0.2) is 0 Å². The van der Waals surface area contributed by atoms with Gasteiger partial charge in [0.1, 0.15) is 0 Å². The van der Waals surface area contributed by atoms with E-state index in [2.05, 4.69) is 5.32 Å². The summed E-state index contributed by atoms with van der Waals surface area (Å²) in [6.45, 7) is 1.69. The summed E-state index contributed by atoms with van der Waals surface area (Å²) in [4.78, 5) is 11.6. The number of carbonyl (C=O) groups is 1. The van der Waals surface area contributed by atoms with Gasteiger partial charge in [-0.3, -0.25) is 4.79 Å². The second kappa shape index (κ2) is 3.62. The zero-order valence-electron chi connectivity index (χ0n) is 8.28. The van der Waals surface area contributed by atoms with Gasteiger partial charge >= 0.3 is 5.97 Å². The lowest BCUT2D eigenvalue weighted by Gasteiger charge is -2.08. The Morgan fingerprint density at radius 2 is 2.33 bits per heavy atom. The van der Waals surface area contributed by atoms with E-state index >= 15 is 0 Å². The number of carboxylic acid groups (broad SMARTS) is 1. The summed E-state index contributed by atoms with van der Waals surface area (Å²) in [5, 5.41) is 12.0. The first-order valence-electron chi connectivity index (χ1n) is 4.73. The average molecular weight is 221 g/mol. The fourth-order valence-electron chi connectivity index (χ4n) is 1.66. The van der Waals surface area contributed by atoms with E-state index in [0.717, 1.165) is 21.8 Å². The quantitative estimate of drug-likeness (QED) is 0.751. The van der Waals surface area contributed by atoms with Crippen LogP contribution in [0.1, 0.15) is 24.0 Å². The third kappa shape index (κ3) is 1.85. The van der Waals surface area contributed by atoms with Crippen LogP contribution in [0.25, 0.3) is 0 Å². The molecule has 2 N–H and O–H groups in total. The molecule has 1 aromatic carbocycles. The van der Waals surface area contributed by atoms with Crippen molar-refractivity contribution in [2.45, 2.75) is 19.3 Å². The van der Waals surface area contributed by atoms with Gasteiger partial charge in [0.25, 0.3) is 0 Å². The molecule has 15 heavy (non-hydrogen) atoms. The number of hydrogen-bond acceptors (Lipinski definition) is 2. The van der Waals surface area contributed by atoms with Crippen molar-refractivity contribution < 1.29 is 9.90 Å². The van der Waals surface area contributed by atoms with Gasteiger partial charge < -0.3 is 10.4 Å². The zero-order valence-corrected chi connectivity index (χ0v) is 9.10. The van der Waals surface area contributed by atoms with Crippen molar-refractivity contribution in [1.82, 2.24) is 0 Å². The lowest BCUT2D eigenvalue weighted by atomic mass is 9.98.